The fraction of sp³-hybridized carbons (Fsp3) is 0.238. The third-order valence-corrected chi connectivity index (χ3v) is 4.39. The molecule has 4 heteroatoms. The largest absolute Gasteiger partial charge is 0.346 e. The van der Waals surface area contributed by atoms with E-state index >= 15 is 0 Å². The van der Waals surface area contributed by atoms with Crippen molar-refractivity contribution in [2.24, 2.45) is 0 Å². The molecule has 0 fully saturated rings. The number of rotatable bonds is 4. The Bertz CT molecular complexity index is 894. The first-order valence-corrected chi connectivity index (χ1v) is 8.46. The molecular formula is C21H23N3O. The van der Waals surface area contributed by atoms with Gasteiger partial charge in [0.15, 0.2) is 0 Å². The summed E-state index contributed by atoms with van der Waals surface area (Å²) in [6, 6.07) is 17.6. The SMILES string of the molecule is Cc1cc(C)n(-c2ccc(C(=O)NC(C)c3ccccc3C)cc2)n1. The van der Waals surface area contributed by atoms with Gasteiger partial charge in [0.2, 0.25) is 0 Å². The molecule has 1 amide bonds. The third-order valence-electron chi connectivity index (χ3n) is 4.39. The lowest BCUT2D eigenvalue weighted by atomic mass is 10.0. The fourth-order valence-corrected chi connectivity index (χ4v) is 3.07. The van der Waals surface area contributed by atoms with Gasteiger partial charge in [-0.1, -0.05) is 24.3 Å². The molecule has 0 bridgehead atoms. The topological polar surface area (TPSA) is 46.9 Å². The molecule has 1 N–H and O–H groups in total. The molecule has 0 saturated carbocycles. The number of nitrogens with one attached hydrogen (secondary N) is 1. The van der Waals surface area contributed by atoms with Crippen molar-refractivity contribution in [2.75, 3.05) is 0 Å². The second-order valence-electron chi connectivity index (χ2n) is 6.44. The summed E-state index contributed by atoms with van der Waals surface area (Å²) in [5.41, 5.74) is 5.96. The summed E-state index contributed by atoms with van der Waals surface area (Å²) in [5.74, 6) is -0.0735. The maximum Gasteiger partial charge on any atom is 0.251 e. The van der Waals surface area contributed by atoms with E-state index in [4.69, 9.17) is 0 Å². The number of benzene rings is 2. The van der Waals surface area contributed by atoms with Crippen LogP contribution in [-0.2, 0) is 0 Å². The van der Waals surface area contributed by atoms with Crippen molar-refractivity contribution in [1.29, 1.82) is 0 Å². The van der Waals surface area contributed by atoms with Gasteiger partial charge in [0, 0.05) is 11.3 Å². The number of amides is 1. The molecule has 3 aromatic rings. The summed E-state index contributed by atoms with van der Waals surface area (Å²) in [5, 5.41) is 7.54. The average molecular weight is 333 g/mol. The van der Waals surface area contributed by atoms with Crippen molar-refractivity contribution in [3.63, 3.8) is 0 Å². The lowest BCUT2D eigenvalue weighted by Crippen LogP contribution is -2.27. The van der Waals surface area contributed by atoms with Crippen LogP contribution in [0.2, 0.25) is 0 Å². The van der Waals surface area contributed by atoms with Gasteiger partial charge in [-0.15, -0.1) is 0 Å². The Morgan fingerprint density at radius 1 is 1.04 bits per heavy atom. The highest BCUT2D eigenvalue weighted by molar-refractivity contribution is 5.94. The molecule has 25 heavy (non-hydrogen) atoms. The molecule has 0 radical (unpaired) electrons. The van der Waals surface area contributed by atoms with Crippen LogP contribution in [0.5, 0.6) is 0 Å². The number of carbonyl (C=O) groups excluding carboxylic acids is 1. The second-order valence-corrected chi connectivity index (χ2v) is 6.44. The predicted octanol–water partition coefficient (Wildman–Crippen LogP) is 4.29. The zero-order valence-corrected chi connectivity index (χ0v) is 15.1. The number of hydrogen-bond donors (Lipinski definition) is 1. The fourth-order valence-electron chi connectivity index (χ4n) is 3.07. The Kier molecular flexibility index (Phi) is 4.70. The molecule has 1 atom stereocenters. The van der Waals surface area contributed by atoms with Crippen LogP contribution in [-0.4, -0.2) is 15.7 Å². The van der Waals surface area contributed by atoms with Gasteiger partial charge in [0.1, 0.15) is 0 Å². The maximum absolute atomic E-state index is 12.5. The van der Waals surface area contributed by atoms with E-state index in [1.165, 1.54) is 5.56 Å². The normalized spacial score (nSPS) is 12.0. The molecular weight excluding hydrogens is 310 g/mol. The van der Waals surface area contributed by atoms with Gasteiger partial charge in [0.05, 0.1) is 17.4 Å². The molecule has 0 spiro atoms. The number of hydrogen-bond acceptors (Lipinski definition) is 2. The van der Waals surface area contributed by atoms with Crippen LogP contribution in [0.15, 0.2) is 54.6 Å². The van der Waals surface area contributed by atoms with Crippen molar-refractivity contribution in [3.8, 4) is 5.69 Å². The van der Waals surface area contributed by atoms with Crippen LogP contribution in [0.4, 0.5) is 0 Å². The highest BCUT2D eigenvalue weighted by atomic mass is 16.1. The number of aryl methyl sites for hydroxylation is 3. The molecule has 1 aromatic heterocycles. The minimum absolute atomic E-state index is 0.0376. The first-order valence-electron chi connectivity index (χ1n) is 8.46. The highest BCUT2D eigenvalue weighted by Gasteiger charge is 2.13. The molecule has 0 aliphatic rings. The average Bonchev–Trinajstić information content (AvgIpc) is 2.93. The standard InChI is InChI=1S/C21H23N3O/c1-14-7-5-6-8-20(14)17(4)22-21(25)18-9-11-19(12-10-18)24-16(3)13-15(2)23-24/h5-13,17H,1-4H3,(H,22,25). The van der Waals surface area contributed by atoms with E-state index in [1.54, 1.807) is 0 Å². The molecule has 2 aromatic carbocycles. The summed E-state index contributed by atoms with van der Waals surface area (Å²) >= 11 is 0. The molecule has 1 heterocycles. The van der Waals surface area contributed by atoms with Gasteiger partial charge in [-0.05, 0) is 69.2 Å². The minimum atomic E-state index is -0.0735. The van der Waals surface area contributed by atoms with E-state index in [-0.39, 0.29) is 11.9 Å². The predicted molar refractivity (Wildman–Crippen MR) is 100 cm³/mol. The monoisotopic (exact) mass is 333 g/mol. The smallest absolute Gasteiger partial charge is 0.251 e. The summed E-state index contributed by atoms with van der Waals surface area (Å²) in [4.78, 5) is 12.5. The number of nitrogens with zero attached hydrogens (tertiary/aromatic N) is 2. The Morgan fingerprint density at radius 3 is 2.32 bits per heavy atom. The van der Waals surface area contributed by atoms with Crippen LogP contribution in [0.25, 0.3) is 5.69 Å². The first-order chi connectivity index (χ1) is 12.0. The van der Waals surface area contributed by atoms with Crippen molar-refractivity contribution >= 4 is 5.91 Å². The van der Waals surface area contributed by atoms with Crippen LogP contribution < -0.4 is 5.32 Å². The summed E-state index contributed by atoms with van der Waals surface area (Å²) in [6.07, 6.45) is 0. The van der Waals surface area contributed by atoms with Crippen LogP contribution in [0.1, 0.15) is 45.8 Å². The molecule has 3 rings (SSSR count). The number of carbonyl (C=O) groups is 1. The Morgan fingerprint density at radius 2 is 1.72 bits per heavy atom. The maximum atomic E-state index is 12.5. The summed E-state index contributed by atoms with van der Waals surface area (Å²) in [6.45, 7) is 8.05. The minimum Gasteiger partial charge on any atom is -0.346 e. The van der Waals surface area contributed by atoms with Crippen molar-refractivity contribution < 1.29 is 4.79 Å². The van der Waals surface area contributed by atoms with Crippen LogP contribution >= 0.6 is 0 Å². The second kappa shape index (κ2) is 6.93. The first kappa shape index (κ1) is 17.0. The zero-order valence-electron chi connectivity index (χ0n) is 15.1. The van der Waals surface area contributed by atoms with E-state index in [2.05, 4.69) is 23.4 Å². The number of aromatic nitrogens is 2. The molecule has 0 aliphatic carbocycles. The van der Waals surface area contributed by atoms with E-state index in [0.29, 0.717) is 5.56 Å². The van der Waals surface area contributed by atoms with E-state index in [1.807, 2.05) is 74.0 Å². The van der Waals surface area contributed by atoms with E-state index in [9.17, 15) is 4.79 Å². The van der Waals surface area contributed by atoms with E-state index in [0.717, 1.165) is 22.6 Å². The summed E-state index contributed by atoms with van der Waals surface area (Å²) < 4.78 is 1.88. The van der Waals surface area contributed by atoms with Crippen LogP contribution in [0, 0.1) is 20.8 Å². The molecule has 0 aliphatic heterocycles. The Balaban J connectivity index is 1.75. The highest BCUT2D eigenvalue weighted by Crippen LogP contribution is 2.18. The van der Waals surface area contributed by atoms with Crippen LogP contribution in [0.3, 0.4) is 0 Å². The van der Waals surface area contributed by atoms with Crippen molar-refractivity contribution in [1.82, 2.24) is 15.1 Å². The van der Waals surface area contributed by atoms with E-state index < -0.39 is 0 Å². The molecule has 0 saturated heterocycles. The lowest BCUT2D eigenvalue weighted by Gasteiger charge is -2.16. The van der Waals surface area contributed by atoms with Gasteiger partial charge >= 0.3 is 0 Å². The van der Waals surface area contributed by atoms with Gasteiger partial charge in [-0.2, -0.15) is 5.10 Å². The van der Waals surface area contributed by atoms with Crippen molar-refractivity contribution in [2.45, 2.75) is 33.7 Å². The van der Waals surface area contributed by atoms with Gasteiger partial charge in [-0.25, -0.2) is 4.68 Å². The molecule has 1 unspecified atom stereocenters. The third kappa shape index (κ3) is 3.63. The van der Waals surface area contributed by atoms with Crippen molar-refractivity contribution in [3.05, 3.63) is 82.7 Å². The van der Waals surface area contributed by atoms with Gasteiger partial charge < -0.3 is 5.32 Å². The lowest BCUT2D eigenvalue weighted by molar-refractivity contribution is 0.0940. The zero-order chi connectivity index (χ0) is 18.0. The quantitative estimate of drug-likeness (QED) is 0.774. The molecule has 4 nitrogen and oxygen atoms in total. The van der Waals surface area contributed by atoms with Gasteiger partial charge in [0.25, 0.3) is 5.91 Å². The Hall–Kier alpha value is -2.88. The Labute approximate surface area is 148 Å². The summed E-state index contributed by atoms with van der Waals surface area (Å²) in [7, 11) is 0. The van der Waals surface area contributed by atoms with Gasteiger partial charge in [-0.3, -0.25) is 4.79 Å². The molecule has 128 valence electrons.